The molecule has 0 radical (unpaired) electrons. The summed E-state index contributed by atoms with van der Waals surface area (Å²) in [5.74, 6) is 1.90. The van der Waals surface area contributed by atoms with E-state index in [2.05, 4.69) is 0 Å². The number of fused-ring (bicyclic) bond motifs is 6. The Morgan fingerprint density at radius 1 is 1.06 bits per heavy atom. The van der Waals surface area contributed by atoms with E-state index in [0.717, 1.165) is 5.56 Å². The standard InChI is InChI=1S/C23H22O8/c1-22(10-29-22)18-6-12-14(30-18)5-4-11-20(12)31-19-9-28-15-8-17(27-3)16(26-2)7-13(15)23(19,25)21(11)24/h4-5,7-8,18-19,25H,6,9-10H2,1-3H3/t18-,19-,22-,23-/m1/s1. The summed E-state index contributed by atoms with van der Waals surface area (Å²) in [6.45, 7) is 2.67. The van der Waals surface area contributed by atoms with Gasteiger partial charge in [-0.2, -0.15) is 0 Å². The van der Waals surface area contributed by atoms with Gasteiger partial charge in [0.15, 0.2) is 23.2 Å². The monoisotopic (exact) mass is 426 g/mol. The maximum absolute atomic E-state index is 13.7. The molecule has 4 heterocycles. The van der Waals surface area contributed by atoms with Crippen LogP contribution in [0.25, 0.3) is 0 Å². The molecule has 0 bridgehead atoms. The minimum Gasteiger partial charge on any atom is -0.493 e. The van der Waals surface area contributed by atoms with Gasteiger partial charge in [0.05, 0.1) is 26.4 Å². The zero-order valence-electron chi connectivity index (χ0n) is 17.4. The molecule has 0 spiro atoms. The molecule has 1 saturated heterocycles. The number of rotatable bonds is 3. The minimum atomic E-state index is -1.90. The van der Waals surface area contributed by atoms with E-state index in [1.807, 2.05) is 6.92 Å². The highest BCUT2D eigenvalue weighted by Gasteiger charge is 2.58. The molecule has 31 heavy (non-hydrogen) atoms. The first-order valence-corrected chi connectivity index (χ1v) is 10.2. The number of ether oxygens (including phenoxy) is 6. The molecule has 0 amide bonds. The Morgan fingerprint density at radius 2 is 1.81 bits per heavy atom. The number of epoxide rings is 1. The van der Waals surface area contributed by atoms with Gasteiger partial charge < -0.3 is 33.5 Å². The molecule has 4 aliphatic rings. The van der Waals surface area contributed by atoms with Crippen LogP contribution in [-0.4, -0.2) is 56.1 Å². The lowest BCUT2D eigenvalue weighted by molar-refractivity contribution is -0.0802. The summed E-state index contributed by atoms with van der Waals surface area (Å²) in [6.07, 6.45) is -0.458. The number of benzene rings is 2. The van der Waals surface area contributed by atoms with Crippen molar-refractivity contribution in [3.05, 3.63) is 41.0 Å². The fraction of sp³-hybridized carbons (Fsp3) is 0.435. The molecular weight excluding hydrogens is 404 g/mol. The molecule has 8 heteroatoms. The van der Waals surface area contributed by atoms with Crippen molar-refractivity contribution < 1.29 is 38.3 Å². The van der Waals surface area contributed by atoms with Gasteiger partial charge in [-0.3, -0.25) is 4.79 Å². The first-order chi connectivity index (χ1) is 14.9. The predicted molar refractivity (Wildman–Crippen MR) is 107 cm³/mol. The topological polar surface area (TPSA) is 96.0 Å². The molecule has 2 aromatic rings. The maximum Gasteiger partial charge on any atom is 0.206 e. The fourth-order valence-corrected chi connectivity index (χ4v) is 4.72. The van der Waals surface area contributed by atoms with E-state index in [0.29, 0.717) is 52.9 Å². The van der Waals surface area contributed by atoms with Crippen LogP contribution >= 0.6 is 0 Å². The summed E-state index contributed by atoms with van der Waals surface area (Å²) >= 11 is 0. The molecule has 0 saturated carbocycles. The van der Waals surface area contributed by atoms with Gasteiger partial charge in [0, 0.05) is 23.6 Å². The summed E-state index contributed by atoms with van der Waals surface area (Å²) in [5, 5.41) is 11.7. The molecule has 0 unspecified atom stereocenters. The van der Waals surface area contributed by atoms with Crippen molar-refractivity contribution in [3.8, 4) is 28.7 Å². The lowest BCUT2D eigenvalue weighted by atomic mass is 9.77. The Kier molecular flexibility index (Phi) is 3.66. The molecule has 0 aromatic heterocycles. The second-order valence-electron chi connectivity index (χ2n) is 8.55. The van der Waals surface area contributed by atoms with Gasteiger partial charge in [-0.15, -0.1) is 0 Å². The molecule has 1 N–H and O–H groups in total. The number of aliphatic hydroxyl groups is 1. The van der Waals surface area contributed by atoms with E-state index in [-0.39, 0.29) is 18.3 Å². The minimum absolute atomic E-state index is 0.0128. The highest BCUT2D eigenvalue weighted by atomic mass is 16.6. The van der Waals surface area contributed by atoms with Crippen LogP contribution in [0, 0.1) is 0 Å². The molecule has 8 nitrogen and oxygen atoms in total. The Bertz CT molecular complexity index is 1120. The molecule has 4 atom stereocenters. The van der Waals surface area contributed by atoms with E-state index < -0.39 is 17.5 Å². The van der Waals surface area contributed by atoms with Crippen LogP contribution in [0.4, 0.5) is 0 Å². The Balaban J connectivity index is 1.45. The van der Waals surface area contributed by atoms with Crippen LogP contribution in [0.3, 0.4) is 0 Å². The van der Waals surface area contributed by atoms with Gasteiger partial charge in [-0.25, -0.2) is 0 Å². The second kappa shape index (κ2) is 6.05. The first-order valence-electron chi connectivity index (χ1n) is 10.2. The summed E-state index contributed by atoms with van der Waals surface area (Å²) in [7, 11) is 3.01. The number of carbonyl (C=O) groups is 1. The van der Waals surface area contributed by atoms with Crippen molar-refractivity contribution in [2.75, 3.05) is 27.4 Å². The van der Waals surface area contributed by atoms with Gasteiger partial charge >= 0.3 is 0 Å². The van der Waals surface area contributed by atoms with Crippen LogP contribution in [-0.2, 0) is 16.8 Å². The van der Waals surface area contributed by atoms with Crippen molar-refractivity contribution in [2.45, 2.75) is 36.8 Å². The third-order valence-electron chi connectivity index (χ3n) is 6.76. The van der Waals surface area contributed by atoms with Crippen molar-refractivity contribution in [1.82, 2.24) is 0 Å². The Labute approximate surface area is 178 Å². The van der Waals surface area contributed by atoms with Gasteiger partial charge in [0.2, 0.25) is 5.78 Å². The van der Waals surface area contributed by atoms with E-state index in [1.165, 1.54) is 14.2 Å². The SMILES string of the molecule is COc1cc2c(cc1OC)[C@]1(O)C(=O)c3ccc4c(c3O[C@@H]1CO2)C[C@H]([C@@]1(C)CO1)O4. The van der Waals surface area contributed by atoms with Crippen LogP contribution in [0.5, 0.6) is 28.7 Å². The van der Waals surface area contributed by atoms with Crippen LogP contribution in [0.15, 0.2) is 24.3 Å². The van der Waals surface area contributed by atoms with Crippen molar-refractivity contribution in [1.29, 1.82) is 0 Å². The van der Waals surface area contributed by atoms with E-state index in [9.17, 15) is 9.90 Å². The summed E-state index contributed by atoms with van der Waals surface area (Å²) in [4.78, 5) is 13.7. The van der Waals surface area contributed by atoms with Gasteiger partial charge in [-0.05, 0) is 25.1 Å². The zero-order chi connectivity index (χ0) is 21.5. The van der Waals surface area contributed by atoms with Gasteiger partial charge in [0.25, 0.3) is 0 Å². The van der Waals surface area contributed by atoms with E-state index >= 15 is 0 Å². The summed E-state index contributed by atoms with van der Waals surface area (Å²) in [5.41, 5.74) is -0.767. The molecule has 6 rings (SSSR count). The molecule has 4 aliphatic heterocycles. The van der Waals surface area contributed by atoms with Crippen LogP contribution in [0.1, 0.15) is 28.4 Å². The van der Waals surface area contributed by atoms with Crippen molar-refractivity contribution >= 4 is 5.78 Å². The fourth-order valence-electron chi connectivity index (χ4n) is 4.72. The first kappa shape index (κ1) is 18.8. The van der Waals surface area contributed by atoms with Crippen LogP contribution in [0.2, 0.25) is 0 Å². The van der Waals surface area contributed by atoms with E-state index in [1.54, 1.807) is 24.3 Å². The molecule has 2 aromatic carbocycles. The summed E-state index contributed by atoms with van der Waals surface area (Å²) < 4.78 is 34.4. The van der Waals surface area contributed by atoms with Crippen molar-refractivity contribution in [3.63, 3.8) is 0 Å². The molecule has 1 fully saturated rings. The molecule has 162 valence electrons. The number of hydrogen-bond donors (Lipinski definition) is 1. The largest absolute Gasteiger partial charge is 0.493 e. The normalized spacial score (nSPS) is 31.8. The molecular formula is C23H22O8. The second-order valence-corrected chi connectivity index (χ2v) is 8.55. The van der Waals surface area contributed by atoms with Crippen molar-refractivity contribution in [2.24, 2.45) is 0 Å². The third-order valence-corrected chi connectivity index (χ3v) is 6.76. The number of carbonyl (C=O) groups excluding carboxylic acids is 1. The van der Waals surface area contributed by atoms with Gasteiger partial charge in [0.1, 0.15) is 35.6 Å². The Hall–Kier alpha value is -2.97. The number of Topliss-reactive ketones (excluding diaryl/α,β-unsaturated/α-hetero) is 1. The highest BCUT2D eigenvalue weighted by Crippen LogP contribution is 2.52. The third kappa shape index (κ3) is 2.40. The number of ketones is 1. The lowest BCUT2D eigenvalue weighted by Gasteiger charge is -2.43. The summed E-state index contributed by atoms with van der Waals surface area (Å²) in [6, 6.07) is 6.60. The number of methoxy groups -OCH3 is 2. The smallest absolute Gasteiger partial charge is 0.206 e. The number of hydrogen-bond acceptors (Lipinski definition) is 8. The zero-order valence-corrected chi connectivity index (χ0v) is 17.4. The highest BCUT2D eigenvalue weighted by molar-refractivity contribution is 6.07. The molecule has 0 aliphatic carbocycles. The predicted octanol–water partition coefficient (Wildman–Crippen LogP) is 2.02. The maximum atomic E-state index is 13.7. The van der Waals surface area contributed by atoms with Crippen LogP contribution < -0.4 is 23.7 Å². The average molecular weight is 426 g/mol. The lowest BCUT2D eigenvalue weighted by Crippen LogP contribution is -2.57. The Morgan fingerprint density at radius 3 is 2.52 bits per heavy atom. The van der Waals surface area contributed by atoms with Gasteiger partial charge in [-0.1, -0.05) is 0 Å². The van der Waals surface area contributed by atoms with E-state index in [4.69, 9.17) is 28.4 Å². The quantitative estimate of drug-likeness (QED) is 0.745. The average Bonchev–Trinajstić information content (AvgIpc) is 3.37.